The van der Waals surface area contributed by atoms with E-state index in [0.29, 0.717) is 57.7 Å². The van der Waals surface area contributed by atoms with E-state index in [1.54, 1.807) is 0 Å². The summed E-state index contributed by atoms with van der Waals surface area (Å²) in [6, 6.07) is 10.9. The van der Waals surface area contributed by atoms with Crippen LogP contribution in [0.1, 0.15) is 90.0 Å². The van der Waals surface area contributed by atoms with E-state index in [1.807, 2.05) is 55.1 Å². The Hall–Kier alpha value is -3.72. The van der Waals surface area contributed by atoms with Gasteiger partial charge in [-0.3, -0.25) is 24.2 Å². The average molecular weight is 707 g/mol. The van der Waals surface area contributed by atoms with E-state index >= 15 is 0 Å². The maximum Gasteiger partial charge on any atom is 0.411 e. The number of benzene rings is 1. The van der Waals surface area contributed by atoms with Crippen LogP contribution in [0.25, 0.3) is 0 Å². The van der Waals surface area contributed by atoms with Crippen LogP contribution >= 0.6 is 0 Å². The monoisotopic (exact) mass is 706 g/mol. The van der Waals surface area contributed by atoms with Gasteiger partial charge in [0.1, 0.15) is 25.4 Å². The number of amides is 4. The molecule has 1 aromatic rings. The van der Waals surface area contributed by atoms with Crippen molar-refractivity contribution in [1.29, 1.82) is 5.26 Å². The number of carbonyl (C=O) groups is 4. The van der Waals surface area contributed by atoms with Crippen molar-refractivity contribution in [3.63, 3.8) is 0 Å². The first-order chi connectivity index (χ1) is 24.6. The predicted molar refractivity (Wildman–Crippen MR) is 189 cm³/mol. The largest absolute Gasteiger partial charge is 0.445 e. The van der Waals surface area contributed by atoms with E-state index in [1.165, 1.54) is 9.80 Å². The lowest BCUT2D eigenvalue weighted by Crippen LogP contribution is -2.63. The van der Waals surface area contributed by atoms with Crippen molar-refractivity contribution >= 4 is 23.8 Å². The molecule has 0 spiro atoms. The second-order valence-electron chi connectivity index (χ2n) is 15.5. The number of likely N-dealkylation sites (tertiary alicyclic amines) is 3. The quantitative estimate of drug-likeness (QED) is 0.345. The second-order valence-corrected chi connectivity index (χ2v) is 15.5. The van der Waals surface area contributed by atoms with Gasteiger partial charge in [0.05, 0.1) is 18.5 Å². The molecule has 2 bridgehead atoms. The van der Waals surface area contributed by atoms with Crippen LogP contribution in [0, 0.1) is 22.7 Å². The van der Waals surface area contributed by atoms with Crippen LogP contribution in [-0.4, -0.2) is 124 Å². The summed E-state index contributed by atoms with van der Waals surface area (Å²) in [7, 11) is 0. The highest BCUT2D eigenvalue weighted by molar-refractivity contribution is 5.85. The Morgan fingerprint density at radius 1 is 0.941 bits per heavy atom. The Bertz CT molecular complexity index is 1430. The van der Waals surface area contributed by atoms with Crippen LogP contribution in [0.4, 0.5) is 9.18 Å². The van der Waals surface area contributed by atoms with Crippen molar-refractivity contribution in [3.05, 3.63) is 35.9 Å². The van der Waals surface area contributed by atoms with Crippen molar-refractivity contribution in [2.24, 2.45) is 11.3 Å². The summed E-state index contributed by atoms with van der Waals surface area (Å²) in [5.41, 5.74) is -0.303. The van der Waals surface area contributed by atoms with Crippen LogP contribution in [0.2, 0.25) is 0 Å². The minimum absolute atomic E-state index is 0.0252. The van der Waals surface area contributed by atoms with Gasteiger partial charge in [0.15, 0.2) is 0 Å². The molecule has 11 nitrogen and oxygen atoms in total. The SMILES string of the molecule is CCN(CC)C(=O)[C@@H]1CCCN(C2CCN(C(=O)C34CCC(N(CC(=O)N5C[C@@H](F)C[C@H]5C#N)C(=O)OCc5ccccc5)(CC3)CC4)CC2)C1. The first-order valence-electron chi connectivity index (χ1n) is 19.3. The summed E-state index contributed by atoms with van der Waals surface area (Å²) in [6.07, 6.45) is 5.49. The fraction of sp³-hybridized carbons (Fsp3) is 0.718. The van der Waals surface area contributed by atoms with Gasteiger partial charge in [-0.1, -0.05) is 30.3 Å². The minimum atomic E-state index is -1.27. The number of nitriles is 1. The molecule has 0 aromatic heterocycles. The Labute approximate surface area is 302 Å². The molecule has 1 aromatic carbocycles. The van der Waals surface area contributed by atoms with Crippen molar-refractivity contribution in [1.82, 2.24) is 24.5 Å². The zero-order valence-corrected chi connectivity index (χ0v) is 30.4. The highest BCUT2D eigenvalue weighted by Gasteiger charge is 2.57. The normalized spacial score (nSPS) is 29.7. The molecule has 3 saturated heterocycles. The van der Waals surface area contributed by atoms with Crippen LogP contribution in [0.15, 0.2) is 30.3 Å². The number of halogens is 1. The highest BCUT2D eigenvalue weighted by Crippen LogP contribution is 2.56. The van der Waals surface area contributed by atoms with Gasteiger partial charge < -0.3 is 19.4 Å². The molecule has 3 aliphatic heterocycles. The molecule has 0 radical (unpaired) electrons. The maximum absolute atomic E-state index is 14.3. The first kappa shape index (κ1) is 37.1. The molecule has 7 rings (SSSR count). The highest BCUT2D eigenvalue weighted by atomic mass is 19.1. The number of ether oxygens (including phenoxy) is 1. The molecule has 0 unspecified atom stereocenters. The summed E-state index contributed by atoms with van der Waals surface area (Å²) in [6.45, 7) is 8.39. The van der Waals surface area contributed by atoms with Crippen LogP contribution in [0.5, 0.6) is 0 Å². The van der Waals surface area contributed by atoms with Crippen molar-refractivity contribution in [3.8, 4) is 6.07 Å². The van der Waals surface area contributed by atoms with Crippen molar-refractivity contribution in [2.45, 2.75) is 115 Å². The molecule has 6 fully saturated rings. The molecular formula is C39H55FN6O5. The lowest BCUT2D eigenvalue weighted by Gasteiger charge is -2.57. The smallest absolute Gasteiger partial charge is 0.411 e. The summed E-state index contributed by atoms with van der Waals surface area (Å²) in [4.78, 5) is 64.0. The van der Waals surface area contributed by atoms with Gasteiger partial charge in [-0.25, -0.2) is 9.18 Å². The molecular weight excluding hydrogens is 651 g/mol. The Balaban J connectivity index is 1.08. The third-order valence-corrected chi connectivity index (χ3v) is 12.8. The predicted octanol–water partition coefficient (Wildman–Crippen LogP) is 4.75. The van der Waals surface area contributed by atoms with E-state index in [4.69, 9.17) is 4.74 Å². The summed E-state index contributed by atoms with van der Waals surface area (Å²) in [5, 5.41) is 9.58. The molecule has 3 saturated carbocycles. The van der Waals surface area contributed by atoms with Gasteiger partial charge in [0, 0.05) is 56.1 Å². The third kappa shape index (κ3) is 7.74. The average Bonchev–Trinajstić information content (AvgIpc) is 3.58. The van der Waals surface area contributed by atoms with Crippen LogP contribution < -0.4 is 0 Å². The third-order valence-electron chi connectivity index (χ3n) is 12.8. The van der Waals surface area contributed by atoms with E-state index < -0.39 is 35.2 Å². The lowest BCUT2D eigenvalue weighted by molar-refractivity contribution is -0.156. The van der Waals surface area contributed by atoms with Gasteiger partial charge in [-0.2, -0.15) is 5.26 Å². The standard InChI is InChI=1S/C39H55FN6O5/c1-3-42(4-2)35(48)30-11-8-20-44(25-30)32-12-21-43(22-13-32)36(49)38-14-17-39(18-15-38,19-16-38)46(37(50)51-28-29-9-6-5-7-10-29)27-34(47)45-26-31(40)23-33(45)24-41/h5-7,9-10,30-33H,3-4,8,11-23,25-28H2,1-2H3/t30-,31+,33+,38?,39?/m1/s1. The number of rotatable bonds is 10. The fourth-order valence-corrected chi connectivity index (χ4v) is 9.63. The van der Waals surface area contributed by atoms with E-state index in [2.05, 4.69) is 9.80 Å². The lowest BCUT2D eigenvalue weighted by atomic mass is 9.56. The molecule has 3 aliphatic carbocycles. The molecule has 0 N–H and O–H groups in total. The summed E-state index contributed by atoms with van der Waals surface area (Å²) in [5.74, 6) is 0.0765. The van der Waals surface area contributed by atoms with Gasteiger partial charge in [0.2, 0.25) is 17.7 Å². The topological polar surface area (TPSA) is 118 Å². The Kier molecular flexibility index (Phi) is 11.5. The zero-order chi connectivity index (χ0) is 36.2. The van der Waals surface area contributed by atoms with Crippen LogP contribution in [-0.2, 0) is 25.7 Å². The van der Waals surface area contributed by atoms with Gasteiger partial charge in [0.25, 0.3) is 0 Å². The molecule has 3 heterocycles. The minimum Gasteiger partial charge on any atom is -0.445 e. The molecule has 278 valence electrons. The fourth-order valence-electron chi connectivity index (χ4n) is 9.63. The number of carbonyl (C=O) groups excluding carboxylic acids is 4. The molecule has 3 atom stereocenters. The van der Waals surface area contributed by atoms with Crippen LogP contribution in [0.3, 0.4) is 0 Å². The summed E-state index contributed by atoms with van der Waals surface area (Å²) >= 11 is 0. The number of alkyl halides is 1. The van der Waals surface area contributed by atoms with E-state index in [0.717, 1.165) is 57.4 Å². The van der Waals surface area contributed by atoms with Crippen molar-refractivity contribution in [2.75, 3.05) is 52.4 Å². The number of hydrogen-bond acceptors (Lipinski definition) is 7. The zero-order valence-electron chi connectivity index (χ0n) is 30.4. The van der Waals surface area contributed by atoms with Gasteiger partial charge >= 0.3 is 6.09 Å². The maximum atomic E-state index is 14.3. The Morgan fingerprint density at radius 2 is 1.61 bits per heavy atom. The van der Waals surface area contributed by atoms with Gasteiger partial charge in [-0.05, 0) is 90.2 Å². The summed E-state index contributed by atoms with van der Waals surface area (Å²) < 4.78 is 20.0. The molecule has 6 aliphatic rings. The molecule has 12 heteroatoms. The number of hydrogen-bond donors (Lipinski definition) is 0. The van der Waals surface area contributed by atoms with E-state index in [9.17, 15) is 28.8 Å². The first-order valence-corrected chi connectivity index (χ1v) is 19.3. The van der Waals surface area contributed by atoms with E-state index in [-0.39, 0.29) is 43.8 Å². The number of piperidine rings is 2. The second kappa shape index (κ2) is 15.9. The van der Waals surface area contributed by atoms with Crippen molar-refractivity contribution < 1.29 is 28.3 Å². The molecule has 51 heavy (non-hydrogen) atoms. The molecule has 4 amide bonds. The van der Waals surface area contributed by atoms with Gasteiger partial charge in [-0.15, -0.1) is 0 Å². The number of fused-ring (bicyclic) bond motifs is 3. The Morgan fingerprint density at radius 3 is 2.24 bits per heavy atom. The number of nitrogens with zero attached hydrogens (tertiary/aromatic N) is 6.